The van der Waals surface area contributed by atoms with Crippen LogP contribution in [-0.4, -0.2) is 40.1 Å². The summed E-state index contributed by atoms with van der Waals surface area (Å²) in [6.07, 6.45) is -1.96. The van der Waals surface area contributed by atoms with E-state index < -0.39 is 12.2 Å². The molecule has 2 atom stereocenters. The van der Waals surface area contributed by atoms with E-state index in [0.717, 1.165) is 0 Å². The van der Waals surface area contributed by atoms with Gasteiger partial charge in [0.1, 0.15) is 6.10 Å². The molecular formula is C8H12ClN3O2. The molecule has 78 valence electrons. The first-order valence-corrected chi connectivity index (χ1v) is 4.53. The maximum Gasteiger partial charge on any atom is 0.151 e. The number of hydrogen-bond donors (Lipinski definition) is 3. The minimum absolute atomic E-state index is 0.254. The smallest absolute Gasteiger partial charge is 0.151 e. The van der Waals surface area contributed by atoms with Crippen molar-refractivity contribution in [1.82, 2.24) is 15.5 Å². The summed E-state index contributed by atoms with van der Waals surface area (Å²) in [4.78, 5) is 0. The minimum Gasteiger partial charge on any atom is -0.389 e. The SMILES string of the molecule is CNCC(O)C(O)c1ccc(Cl)nn1. The van der Waals surface area contributed by atoms with Crippen LogP contribution in [0.15, 0.2) is 12.1 Å². The molecule has 0 amide bonds. The predicted octanol–water partition coefficient (Wildman–Crippen LogP) is -0.256. The van der Waals surface area contributed by atoms with E-state index in [-0.39, 0.29) is 11.7 Å². The van der Waals surface area contributed by atoms with E-state index in [1.54, 1.807) is 7.05 Å². The van der Waals surface area contributed by atoms with Crippen LogP contribution in [0.4, 0.5) is 0 Å². The molecule has 0 saturated carbocycles. The van der Waals surface area contributed by atoms with E-state index >= 15 is 0 Å². The van der Waals surface area contributed by atoms with Gasteiger partial charge in [0.25, 0.3) is 0 Å². The van der Waals surface area contributed by atoms with Gasteiger partial charge < -0.3 is 15.5 Å². The molecule has 1 heterocycles. The number of aromatic nitrogens is 2. The molecule has 1 aromatic heterocycles. The Bertz CT molecular complexity index is 280. The van der Waals surface area contributed by atoms with E-state index in [4.69, 9.17) is 11.6 Å². The number of rotatable bonds is 4. The van der Waals surface area contributed by atoms with Gasteiger partial charge in [0, 0.05) is 6.54 Å². The zero-order chi connectivity index (χ0) is 10.6. The van der Waals surface area contributed by atoms with Crippen molar-refractivity contribution in [2.24, 2.45) is 0 Å². The summed E-state index contributed by atoms with van der Waals surface area (Å²) in [7, 11) is 1.68. The summed E-state index contributed by atoms with van der Waals surface area (Å²) in [6.45, 7) is 0.283. The Labute approximate surface area is 86.7 Å². The fourth-order valence-corrected chi connectivity index (χ4v) is 1.10. The Kier molecular flexibility index (Phi) is 4.21. The molecule has 0 bridgehead atoms. The molecule has 3 N–H and O–H groups in total. The Morgan fingerprint density at radius 3 is 2.64 bits per heavy atom. The molecular weight excluding hydrogens is 206 g/mol. The summed E-state index contributed by atoms with van der Waals surface area (Å²) in [6, 6.07) is 3.04. The third kappa shape index (κ3) is 2.88. The van der Waals surface area contributed by atoms with Gasteiger partial charge in [0.15, 0.2) is 5.15 Å². The van der Waals surface area contributed by atoms with Crippen molar-refractivity contribution in [2.75, 3.05) is 13.6 Å². The lowest BCUT2D eigenvalue weighted by molar-refractivity contribution is 0.0171. The van der Waals surface area contributed by atoms with Crippen molar-refractivity contribution in [1.29, 1.82) is 0 Å². The van der Waals surface area contributed by atoms with E-state index in [0.29, 0.717) is 5.69 Å². The summed E-state index contributed by atoms with van der Waals surface area (Å²) in [5.74, 6) is 0. The van der Waals surface area contributed by atoms with E-state index in [1.807, 2.05) is 0 Å². The van der Waals surface area contributed by atoms with Crippen LogP contribution in [0.3, 0.4) is 0 Å². The molecule has 1 aromatic rings. The molecule has 0 radical (unpaired) electrons. The molecule has 0 aliphatic heterocycles. The number of likely N-dealkylation sites (N-methyl/N-ethyl adjacent to an activating group) is 1. The Balaban J connectivity index is 2.68. The Morgan fingerprint density at radius 2 is 2.14 bits per heavy atom. The summed E-state index contributed by atoms with van der Waals surface area (Å²) >= 11 is 5.53. The topological polar surface area (TPSA) is 78.3 Å². The van der Waals surface area contributed by atoms with Gasteiger partial charge >= 0.3 is 0 Å². The largest absolute Gasteiger partial charge is 0.389 e. The lowest BCUT2D eigenvalue weighted by Crippen LogP contribution is -2.30. The van der Waals surface area contributed by atoms with Crippen LogP contribution in [0.1, 0.15) is 11.8 Å². The Morgan fingerprint density at radius 1 is 1.43 bits per heavy atom. The Hall–Kier alpha value is -0.750. The highest BCUT2D eigenvalue weighted by Crippen LogP contribution is 2.14. The summed E-state index contributed by atoms with van der Waals surface area (Å²) in [5.41, 5.74) is 0.303. The van der Waals surface area contributed by atoms with Gasteiger partial charge in [-0.3, -0.25) is 0 Å². The number of aliphatic hydroxyl groups excluding tert-OH is 2. The molecule has 0 aliphatic rings. The minimum atomic E-state index is -1.05. The molecule has 14 heavy (non-hydrogen) atoms. The number of halogens is 1. The highest BCUT2D eigenvalue weighted by molar-refractivity contribution is 6.29. The van der Waals surface area contributed by atoms with Crippen LogP contribution in [0.5, 0.6) is 0 Å². The summed E-state index contributed by atoms with van der Waals surface area (Å²) in [5, 5.41) is 29.2. The van der Waals surface area contributed by atoms with Crippen LogP contribution in [0.25, 0.3) is 0 Å². The van der Waals surface area contributed by atoms with Crippen LogP contribution in [0, 0.1) is 0 Å². The molecule has 6 heteroatoms. The van der Waals surface area contributed by atoms with Crippen molar-refractivity contribution in [3.63, 3.8) is 0 Å². The second-order valence-corrected chi connectivity index (χ2v) is 3.24. The average molecular weight is 218 g/mol. The quantitative estimate of drug-likeness (QED) is 0.648. The van der Waals surface area contributed by atoms with Crippen molar-refractivity contribution >= 4 is 11.6 Å². The molecule has 1 rings (SSSR count). The molecule has 5 nitrogen and oxygen atoms in total. The van der Waals surface area contributed by atoms with Crippen LogP contribution >= 0.6 is 11.6 Å². The standard InChI is InChI=1S/C8H12ClN3O2/c1-10-4-6(13)8(14)5-2-3-7(9)12-11-5/h2-3,6,8,10,13-14H,4H2,1H3. The second-order valence-electron chi connectivity index (χ2n) is 2.85. The van der Waals surface area contributed by atoms with Crippen molar-refractivity contribution in [3.05, 3.63) is 23.0 Å². The number of nitrogens with zero attached hydrogens (tertiary/aromatic N) is 2. The first-order chi connectivity index (χ1) is 6.65. The van der Waals surface area contributed by atoms with Crippen LogP contribution in [0.2, 0.25) is 5.15 Å². The van der Waals surface area contributed by atoms with Crippen molar-refractivity contribution in [2.45, 2.75) is 12.2 Å². The number of hydrogen-bond acceptors (Lipinski definition) is 5. The number of aliphatic hydroxyl groups is 2. The van der Waals surface area contributed by atoms with E-state index in [1.165, 1.54) is 12.1 Å². The highest BCUT2D eigenvalue weighted by Gasteiger charge is 2.18. The third-order valence-electron chi connectivity index (χ3n) is 1.73. The van der Waals surface area contributed by atoms with Crippen molar-refractivity contribution in [3.8, 4) is 0 Å². The molecule has 0 aliphatic carbocycles. The van der Waals surface area contributed by atoms with Gasteiger partial charge in [-0.15, -0.1) is 5.10 Å². The molecule has 0 aromatic carbocycles. The third-order valence-corrected chi connectivity index (χ3v) is 1.93. The normalized spacial score (nSPS) is 15.1. The first kappa shape index (κ1) is 11.3. The maximum absolute atomic E-state index is 9.58. The number of nitrogens with one attached hydrogen (secondary N) is 1. The van der Waals surface area contributed by atoms with Gasteiger partial charge in [0.05, 0.1) is 11.8 Å². The maximum atomic E-state index is 9.58. The fraction of sp³-hybridized carbons (Fsp3) is 0.500. The lowest BCUT2D eigenvalue weighted by atomic mass is 10.1. The van der Waals surface area contributed by atoms with Gasteiger partial charge in [-0.05, 0) is 19.2 Å². The van der Waals surface area contributed by atoms with Gasteiger partial charge in [-0.25, -0.2) is 0 Å². The molecule has 0 fully saturated rings. The molecule has 0 saturated heterocycles. The monoisotopic (exact) mass is 217 g/mol. The average Bonchev–Trinajstić information content (AvgIpc) is 2.18. The van der Waals surface area contributed by atoms with Crippen LogP contribution < -0.4 is 5.32 Å². The molecule has 0 spiro atoms. The first-order valence-electron chi connectivity index (χ1n) is 4.15. The zero-order valence-corrected chi connectivity index (χ0v) is 8.44. The molecule has 2 unspecified atom stereocenters. The fourth-order valence-electron chi connectivity index (χ4n) is 1.00. The van der Waals surface area contributed by atoms with Gasteiger partial charge in [0.2, 0.25) is 0 Å². The highest BCUT2D eigenvalue weighted by atomic mass is 35.5. The van der Waals surface area contributed by atoms with Gasteiger partial charge in [-0.1, -0.05) is 11.6 Å². The van der Waals surface area contributed by atoms with Crippen molar-refractivity contribution < 1.29 is 10.2 Å². The second kappa shape index (κ2) is 5.21. The zero-order valence-electron chi connectivity index (χ0n) is 7.68. The van der Waals surface area contributed by atoms with E-state index in [9.17, 15) is 10.2 Å². The predicted molar refractivity (Wildman–Crippen MR) is 51.9 cm³/mol. The van der Waals surface area contributed by atoms with Crippen LogP contribution in [-0.2, 0) is 0 Å². The lowest BCUT2D eigenvalue weighted by Gasteiger charge is -2.15. The van der Waals surface area contributed by atoms with E-state index in [2.05, 4.69) is 15.5 Å². The summed E-state index contributed by atoms with van der Waals surface area (Å²) < 4.78 is 0. The van der Waals surface area contributed by atoms with Gasteiger partial charge in [-0.2, -0.15) is 5.10 Å².